The first-order chi connectivity index (χ1) is 10.8. The molecule has 0 spiro atoms. The molecule has 0 aliphatic carbocycles. The number of nitrogens with one attached hydrogen (secondary N) is 1. The summed E-state index contributed by atoms with van der Waals surface area (Å²) in [6.45, 7) is 3.97. The quantitative estimate of drug-likeness (QED) is 0.845. The number of aromatic amines is 1. The summed E-state index contributed by atoms with van der Waals surface area (Å²) in [6.07, 6.45) is 2.85. The highest BCUT2D eigenvalue weighted by Crippen LogP contribution is 2.22. The summed E-state index contributed by atoms with van der Waals surface area (Å²) >= 11 is 1.26. The van der Waals surface area contributed by atoms with Gasteiger partial charge in [-0.15, -0.1) is 10.2 Å². The summed E-state index contributed by atoms with van der Waals surface area (Å²) in [5, 5.41) is 8.31. The largest absolute Gasteiger partial charge is 0.410 e. The van der Waals surface area contributed by atoms with E-state index in [0.717, 1.165) is 12.1 Å². The zero-order valence-corrected chi connectivity index (χ0v) is 13.1. The van der Waals surface area contributed by atoms with Crippen molar-refractivity contribution in [2.24, 2.45) is 0 Å². The number of thioether (sulfide) groups is 1. The van der Waals surface area contributed by atoms with Gasteiger partial charge in [-0.2, -0.15) is 0 Å². The minimum absolute atomic E-state index is 0.0753. The van der Waals surface area contributed by atoms with Gasteiger partial charge in [-0.1, -0.05) is 18.7 Å². The molecule has 1 N–H and O–H groups in total. The minimum atomic E-state index is 0.0753. The molecule has 1 aliphatic rings. The number of carbonyl (C=O) groups excluding carboxylic acids is 1. The van der Waals surface area contributed by atoms with Crippen LogP contribution in [-0.2, 0) is 9.53 Å². The number of hydrogen-bond donors (Lipinski definition) is 1. The molecule has 2 aromatic heterocycles. The standard InChI is InChI=1S/C14H18N4O3S/c1-2-10-8-18(6-7-20-10)12(19)9-22-14-17-16-13(21-14)11-4-3-5-15-11/h3-5,10,15H,2,6-9H2,1H3/t10-/m1/s1. The molecule has 0 radical (unpaired) electrons. The molecule has 2 aromatic rings. The molecule has 7 nitrogen and oxygen atoms in total. The molecule has 0 unspecified atom stereocenters. The van der Waals surface area contributed by atoms with Crippen LogP contribution >= 0.6 is 11.8 Å². The third-order valence-electron chi connectivity index (χ3n) is 3.50. The predicted molar refractivity (Wildman–Crippen MR) is 81.4 cm³/mol. The van der Waals surface area contributed by atoms with Gasteiger partial charge in [0, 0.05) is 19.3 Å². The Labute approximate surface area is 132 Å². The Morgan fingerprint density at radius 3 is 3.23 bits per heavy atom. The smallest absolute Gasteiger partial charge is 0.277 e. The lowest BCUT2D eigenvalue weighted by Crippen LogP contribution is -2.46. The molecule has 22 heavy (non-hydrogen) atoms. The van der Waals surface area contributed by atoms with Gasteiger partial charge in [-0.25, -0.2) is 0 Å². The Bertz CT molecular complexity index is 613. The van der Waals surface area contributed by atoms with Crippen LogP contribution in [0.4, 0.5) is 0 Å². The van der Waals surface area contributed by atoms with Crippen LogP contribution in [0.2, 0.25) is 0 Å². The molecule has 3 heterocycles. The Kier molecular flexibility index (Phi) is 4.79. The van der Waals surface area contributed by atoms with Gasteiger partial charge in [0.2, 0.25) is 5.91 Å². The molecule has 1 fully saturated rings. The van der Waals surface area contributed by atoms with Crippen molar-refractivity contribution in [2.45, 2.75) is 24.7 Å². The second kappa shape index (κ2) is 6.97. The van der Waals surface area contributed by atoms with Gasteiger partial charge in [0.05, 0.1) is 18.5 Å². The molecule has 1 amide bonds. The van der Waals surface area contributed by atoms with E-state index in [1.165, 1.54) is 11.8 Å². The Morgan fingerprint density at radius 1 is 1.55 bits per heavy atom. The number of hydrogen-bond acceptors (Lipinski definition) is 6. The van der Waals surface area contributed by atoms with Gasteiger partial charge >= 0.3 is 0 Å². The van der Waals surface area contributed by atoms with Crippen LogP contribution in [0.3, 0.4) is 0 Å². The Morgan fingerprint density at radius 2 is 2.45 bits per heavy atom. The number of H-pyrrole nitrogens is 1. The van der Waals surface area contributed by atoms with E-state index in [4.69, 9.17) is 9.15 Å². The van der Waals surface area contributed by atoms with Crippen LogP contribution in [0, 0.1) is 0 Å². The third kappa shape index (κ3) is 3.50. The van der Waals surface area contributed by atoms with E-state index in [-0.39, 0.29) is 12.0 Å². The van der Waals surface area contributed by atoms with Gasteiger partial charge in [-0.05, 0) is 18.6 Å². The summed E-state index contributed by atoms with van der Waals surface area (Å²) in [5.41, 5.74) is 0.768. The molecule has 1 aliphatic heterocycles. The molecule has 1 saturated heterocycles. The number of aromatic nitrogens is 3. The summed E-state index contributed by atoms with van der Waals surface area (Å²) in [6, 6.07) is 3.71. The summed E-state index contributed by atoms with van der Waals surface area (Å²) in [7, 11) is 0. The van der Waals surface area contributed by atoms with Gasteiger partial charge in [0.25, 0.3) is 11.1 Å². The highest BCUT2D eigenvalue weighted by atomic mass is 32.2. The summed E-state index contributed by atoms with van der Waals surface area (Å²) in [5.74, 6) is 0.798. The average molecular weight is 322 g/mol. The molecule has 118 valence electrons. The molecule has 0 aromatic carbocycles. The second-order valence-corrected chi connectivity index (χ2v) is 5.91. The van der Waals surface area contributed by atoms with Crippen molar-refractivity contribution in [3.05, 3.63) is 18.3 Å². The van der Waals surface area contributed by atoms with Gasteiger partial charge in [-0.3, -0.25) is 4.79 Å². The van der Waals surface area contributed by atoms with Crippen LogP contribution in [0.15, 0.2) is 28.0 Å². The minimum Gasteiger partial charge on any atom is -0.410 e. The molecule has 3 rings (SSSR count). The van der Waals surface area contributed by atoms with Crippen molar-refractivity contribution in [1.82, 2.24) is 20.1 Å². The lowest BCUT2D eigenvalue weighted by Gasteiger charge is -2.32. The first-order valence-corrected chi connectivity index (χ1v) is 8.24. The first kappa shape index (κ1) is 15.1. The SMILES string of the molecule is CC[C@@H]1CN(C(=O)CSc2nnc(-c3ccc[nH]3)o2)CCO1. The Hall–Kier alpha value is -1.80. The zero-order valence-electron chi connectivity index (χ0n) is 12.3. The molecule has 8 heteroatoms. The highest BCUT2D eigenvalue weighted by molar-refractivity contribution is 7.99. The van der Waals surface area contributed by atoms with Crippen molar-refractivity contribution >= 4 is 17.7 Å². The number of morpholine rings is 1. The van der Waals surface area contributed by atoms with Crippen molar-refractivity contribution in [1.29, 1.82) is 0 Å². The third-order valence-corrected chi connectivity index (χ3v) is 4.30. The van der Waals surface area contributed by atoms with Crippen LogP contribution < -0.4 is 0 Å². The zero-order chi connectivity index (χ0) is 15.4. The first-order valence-electron chi connectivity index (χ1n) is 7.25. The van der Waals surface area contributed by atoms with Crippen molar-refractivity contribution < 1.29 is 13.9 Å². The maximum atomic E-state index is 12.2. The van der Waals surface area contributed by atoms with E-state index >= 15 is 0 Å². The maximum Gasteiger partial charge on any atom is 0.277 e. The molecular formula is C14H18N4O3S. The monoisotopic (exact) mass is 322 g/mol. The summed E-state index contributed by atoms with van der Waals surface area (Å²) < 4.78 is 11.1. The van der Waals surface area contributed by atoms with E-state index in [0.29, 0.717) is 36.6 Å². The second-order valence-electron chi connectivity index (χ2n) is 4.99. The van der Waals surface area contributed by atoms with Crippen molar-refractivity contribution in [3.63, 3.8) is 0 Å². The van der Waals surface area contributed by atoms with Gasteiger partial charge < -0.3 is 19.0 Å². The molecule has 0 bridgehead atoms. The molecular weight excluding hydrogens is 304 g/mol. The summed E-state index contributed by atoms with van der Waals surface area (Å²) in [4.78, 5) is 17.1. The lowest BCUT2D eigenvalue weighted by molar-refractivity contribution is -0.135. The fourth-order valence-electron chi connectivity index (χ4n) is 2.25. The van der Waals surface area contributed by atoms with Gasteiger partial charge in [0.15, 0.2) is 0 Å². The predicted octanol–water partition coefficient (Wildman–Crippen LogP) is 1.79. The van der Waals surface area contributed by atoms with E-state index in [9.17, 15) is 4.79 Å². The number of amides is 1. The van der Waals surface area contributed by atoms with Crippen LogP contribution in [0.1, 0.15) is 13.3 Å². The van der Waals surface area contributed by atoms with Crippen molar-refractivity contribution in [3.8, 4) is 11.6 Å². The molecule has 1 atom stereocenters. The molecule has 0 saturated carbocycles. The normalized spacial score (nSPS) is 18.6. The van der Waals surface area contributed by atoms with Crippen LogP contribution in [0.5, 0.6) is 0 Å². The Balaban J connectivity index is 1.53. The number of ether oxygens (including phenoxy) is 1. The number of carbonyl (C=O) groups is 1. The lowest BCUT2D eigenvalue weighted by atomic mass is 10.2. The topological polar surface area (TPSA) is 84.3 Å². The fourth-order valence-corrected chi connectivity index (χ4v) is 2.91. The van der Waals surface area contributed by atoms with Gasteiger partial charge in [0.1, 0.15) is 5.69 Å². The highest BCUT2D eigenvalue weighted by Gasteiger charge is 2.23. The maximum absolute atomic E-state index is 12.2. The van der Waals surface area contributed by atoms with Crippen LogP contribution in [0.25, 0.3) is 11.6 Å². The number of nitrogens with zero attached hydrogens (tertiary/aromatic N) is 3. The average Bonchev–Trinajstić information content (AvgIpc) is 3.23. The van der Waals surface area contributed by atoms with E-state index in [1.807, 2.05) is 17.0 Å². The number of rotatable bonds is 5. The van der Waals surface area contributed by atoms with E-state index < -0.39 is 0 Å². The van der Waals surface area contributed by atoms with Crippen LogP contribution in [-0.4, -0.2) is 57.5 Å². The van der Waals surface area contributed by atoms with E-state index in [2.05, 4.69) is 22.1 Å². The van der Waals surface area contributed by atoms with E-state index in [1.54, 1.807) is 6.20 Å². The van der Waals surface area contributed by atoms with Crippen molar-refractivity contribution in [2.75, 3.05) is 25.4 Å². The fraction of sp³-hybridized carbons (Fsp3) is 0.500.